The van der Waals surface area contributed by atoms with Gasteiger partial charge in [0.15, 0.2) is 0 Å². The quantitative estimate of drug-likeness (QED) is 0.299. The lowest BCUT2D eigenvalue weighted by Crippen LogP contribution is -2.42. The fourth-order valence-electron chi connectivity index (χ4n) is 0.991. The molecule has 1 aliphatic rings. The van der Waals surface area contributed by atoms with Gasteiger partial charge in [-0.3, -0.25) is 9.89 Å². The van der Waals surface area contributed by atoms with E-state index >= 15 is 0 Å². The molecule has 4 nitrogen and oxygen atoms in total. The summed E-state index contributed by atoms with van der Waals surface area (Å²) in [6.07, 6.45) is 0. The summed E-state index contributed by atoms with van der Waals surface area (Å²) in [7, 11) is 0. The fourth-order valence-corrected chi connectivity index (χ4v) is 0.991. The maximum atomic E-state index is 5.21. The smallest absolute Gasteiger partial charge is 0.273 e. The second kappa shape index (κ2) is 6.52. The van der Waals surface area contributed by atoms with Crippen LogP contribution in [0.5, 0.6) is 0 Å². The van der Waals surface area contributed by atoms with E-state index in [1.807, 2.05) is 0 Å². The van der Waals surface area contributed by atoms with E-state index in [9.17, 15) is 0 Å². The summed E-state index contributed by atoms with van der Waals surface area (Å²) in [5.41, 5.74) is 2.60. The van der Waals surface area contributed by atoms with Gasteiger partial charge in [0.1, 0.15) is 0 Å². The number of hydrogen-bond donors (Lipinski definition) is 3. The number of guanidine groups is 1. The van der Waals surface area contributed by atoms with Crippen molar-refractivity contribution < 1.29 is 4.58 Å². The number of hydrogen-bond acceptors (Lipinski definition) is 3. The molecule has 0 aliphatic carbocycles. The fraction of sp³-hybridized carbons (Fsp3) is 0.800. The van der Waals surface area contributed by atoms with Crippen molar-refractivity contribution in [1.82, 2.24) is 10.7 Å². The first-order chi connectivity index (χ1) is 4.38. The van der Waals surface area contributed by atoms with Crippen LogP contribution in [0.4, 0.5) is 0 Å². The van der Waals surface area contributed by atoms with Gasteiger partial charge in [0.25, 0.3) is 0 Å². The van der Waals surface area contributed by atoms with E-state index in [-0.39, 0.29) is 24.8 Å². The minimum absolute atomic E-state index is 0. The Morgan fingerprint density at radius 2 is 2.27 bits per heavy atom. The van der Waals surface area contributed by atoms with Gasteiger partial charge in [-0.1, -0.05) is 0 Å². The van der Waals surface area contributed by atoms with Gasteiger partial charge in [-0.05, 0) is 6.92 Å². The Morgan fingerprint density at radius 3 is 2.64 bits per heavy atom. The van der Waals surface area contributed by atoms with Crippen molar-refractivity contribution in [2.75, 3.05) is 19.6 Å². The van der Waals surface area contributed by atoms with E-state index < -0.39 is 0 Å². The molecule has 0 radical (unpaired) electrons. The zero-order valence-electron chi connectivity index (χ0n) is 6.46. The van der Waals surface area contributed by atoms with Gasteiger partial charge >= 0.3 is 5.96 Å². The molecule has 0 amide bonds. The van der Waals surface area contributed by atoms with Crippen LogP contribution in [-0.4, -0.2) is 30.2 Å². The first kappa shape index (κ1) is 13.4. The number of nitrogens with two attached hydrogens (primary N) is 1. The van der Waals surface area contributed by atoms with Gasteiger partial charge in [-0.2, -0.15) is 5.84 Å². The maximum Gasteiger partial charge on any atom is 0.362 e. The summed E-state index contributed by atoms with van der Waals surface area (Å²) < 4.78 is 2.15. The molecular weight excluding hydrogens is 187 g/mol. The average Bonchev–Trinajstić information content (AvgIpc) is 2.33. The lowest BCUT2D eigenvalue weighted by Gasteiger charge is -1.96. The van der Waals surface area contributed by atoms with E-state index in [4.69, 9.17) is 5.84 Å². The molecule has 11 heavy (non-hydrogen) atoms. The van der Waals surface area contributed by atoms with Crippen molar-refractivity contribution in [2.45, 2.75) is 6.92 Å². The monoisotopic (exact) mass is 201 g/mol. The van der Waals surface area contributed by atoms with E-state index in [1.165, 1.54) is 0 Å². The third-order valence-corrected chi connectivity index (χ3v) is 1.51. The second-order valence-corrected chi connectivity index (χ2v) is 2.00. The molecule has 0 aromatic heterocycles. The summed E-state index contributed by atoms with van der Waals surface area (Å²) in [6.45, 7) is 5.15. The first-order valence-corrected chi connectivity index (χ1v) is 3.21. The Morgan fingerprint density at radius 1 is 1.64 bits per heavy atom. The van der Waals surface area contributed by atoms with Crippen LogP contribution in [-0.2, 0) is 0 Å². The van der Waals surface area contributed by atoms with Gasteiger partial charge < -0.3 is 0 Å². The standard InChI is InChI=1S/C5H12N4.2ClH/c1-2-9-4-3-7-5(9)8-6;;/h2-4,6H2,1H3,(H,7,8);2*1H/p+1. The summed E-state index contributed by atoms with van der Waals surface area (Å²) in [6, 6.07) is 0. The van der Waals surface area contributed by atoms with Gasteiger partial charge in [0.2, 0.25) is 0 Å². The second-order valence-electron chi connectivity index (χ2n) is 2.00. The Balaban J connectivity index is 0. The maximum absolute atomic E-state index is 5.21. The zero-order valence-corrected chi connectivity index (χ0v) is 8.10. The Kier molecular flexibility index (Phi) is 7.94. The molecule has 0 aromatic rings. The highest BCUT2D eigenvalue weighted by atomic mass is 35.5. The number of nitrogens with zero attached hydrogens (tertiary/aromatic N) is 1. The molecule has 1 aliphatic heterocycles. The Bertz CT molecular complexity index is 122. The van der Waals surface area contributed by atoms with E-state index in [0.717, 1.165) is 25.6 Å². The van der Waals surface area contributed by atoms with Crippen LogP contribution in [0.25, 0.3) is 0 Å². The van der Waals surface area contributed by atoms with Crippen molar-refractivity contribution in [3.8, 4) is 0 Å². The van der Waals surface area contributed by atoms with Crippen LogP contribution in [0.2, 0.25) is 0 Å². The third kappa shape index (κ3) is 3.14. The number of rotatable bonds is 1. The topological polar surface area (TPSA) is 53.1 Å². The molecule has 68 valence electrons. The molecule has 4 N–H and O–H groups in total. The predicted molar refractivity (Wildman–Crippen MR) is 50.5 cm³/mol. The highest BCUT2D eigenvalue weighted by molar-refractivity contribution is 5.85. The normalized spacial score (nSPS) is 14.7. The molecule has 6 heteroatoms. The molecule has 0 fully saturated rings. The van der Waals surface area contributed by atoms with E-state index in [0.29, 0.717) is 0 Å². The Labute approximate surface area is 79.0 Å². The van der Waals surface area contributed by atoms with Gasteiger partial charge in [-0.15, -0.1) is 24.8 Å². The van der Waals surface area contributed by atoms with Crippen molar-refractivity contribution >= 4 is 30.8 Å². The largest absolute Gasteiger partial charge is 0.362 e. The van der Waals surface area contributed by atoms with Crippen LogP contribution in [0.3, 0.4) is 0 Å². The minimum atomic E-state index is 0. The number of hydrazine groups is 1. The van der Waals surface area contributed by atoms with Gasteiger partial charge in [0.05, 0.1) is 19.6 Å². The summed E-state index contributed by atoms with van der Waals surface area (Å²) in [5, 5.41) is 3.11. The lowest BCUT2D eigenvalue weighted by molar-refractivity contribution is -0.516. The molecule has 0 aromatic carbocycles. The van der Waals surface area contributed by atoms with Crippen LogP contribution in [0.1, 0.15) is 6.92 Å². The average molecular weight is 202 g/mol. The zero-order chi connectivity index (χ0) is 6.69. The SMILES string of the molecule is CC[N+]1=C(NN)NCC1.Cl.Cl. The molecule has 0 saturated carbocycles. The Hall–Kier alpha value is -0.190. The van der Waals surface area contributed by atoms with Crippen molar-refractivity contribution in [2.24, 2.45) is 5.84 Å². The number of likely N-dealkylation sites (N-methyl/N-ethyl adjacent to an activating group) is 1. The summed E-state index contributed by atoms with van der Waals surface area (Å²) >= 11 is 0. The highest BCUT2D eigenvalue weighted by Gasteiger charge is 2.15. The molecule has 0 spiro atoms. The summed E-state index contributed by atoms with van der Waals surface area (Å²) in [5.74, 6) is 6.15. The van der Waals surface area contributed by atoms with E-state index in [2.05, 4.69) is 22.2 Å². The summed E-state index contributed by atoms with van der Waals surface area (Å²) in [4.78, 5) is 0. The van der Waals surface area contributed by atoms with Crippen molar-refractivity contribution in [3.05, 3.63) is 0 Å². The van der Waals surface area contributed by atoms with E-state index in [1.54, 1.807) is 0 Å². The lowest BCUT2D eigenvalue weighted by atomic mass is 10.6. The van der Waals surface area contributed by atoms with Crippen LogP contribution >= 0.6 is 24.8 Å². The van der Waals surface area contributed by atoms with Crippen LogP contribution in [0, 0.1) is 0 Å². The van der Waals surface area contributed by atoms with Gasteiger partial charge in [-0.25, -0.2) is 5.43 Å². The molecule has 0 bridgehead atoms. The molecule has 0 saturated heterocycles. The van der Waals surface area contributed by atoms with Gasteiger partial charge in [0, 0.05) is 0 Å². The first-order valence-electron chi connectivity index (χ1n) is 3.21. The third-order valence-electron chi connectivity index (χ3n) is 1.51. The molecule has 1 heterocycles. The highest BCUT2D eigenvalue weighted by Crippen LogP contribution is 1.81. The van der Waals surface area contributed by atoms with Crippen molar-refractivity contribution in [3.63, 3.8) is 0 Å². The van der Waals surface area contributed by atoms with Crippen LogP contribution < -0.4 is 16.6 Å². The molecule has 1 rings (SSSR count). The minimum Gasteiger partial charge on any atom is -0.273 e. The predicted octanol–water partition coefficient (Wildman–Crippen LogP) is -0.715. The van der Waals surface area contributed by atoms with Crippen molar-refractivity contribution in [1.29, 1.82) is 0 Å². The molecular formula is C5H15Cl2N4+. The molecule has 0 atom stereocenters. The number of halogens is 2. The van der Waals surface area contributed by atoms with Crippen LogP contribution in [0.15, 0.2) is 0 Å². The number of nitrogens with one attached hydrogen (secondary N) is 2. The molecule has 0 unspecified atom stereocenters.